The van der Waals surface area contributed by atoms with E-state index in [4.69, 9.17) is 5.73 Å². The van der Waals surface area contributed by atoms with Crippen LogP contribution in [0.5, 0.6) is 0 Å². The number of hydrogen-bond donors (Lipinski definition) is 2. The van der Waals surface area contributed by atoms with Gasteiger partial charge in [0.25, 0.3) is 0 Å². The first-order chi connectivity index (χ1) is 8.68. The molecule has 0 spiro atoms. The summed E-state index contributed by atoms with van der Waals surface area (Å²) in [4.78, 5) is 11.7. The minimum Gasteiger partial charge on any atom is -0.393 e. The van der Waals surface area contributed by atoms with E-state index in [2.05, 4.69) is 5.32 Å². The van der Waals surface area contributed by atoms with Crippen molar-refractivity contribution in [3.63, 3.8) is 0 Å². The number of nitrogen functional groups attached to an aromatic ring is 1. The van der Waals surface area contributed by atoms with Crippen LogP contribution in [0.4, 0.5) is 17.1 Å². The zero-order valence-corrected chi connectivity index (χ0v) is 10.4. The van der Waals surface area contributed by atoms with Crippen LogP contribution in [-0.4, -0.2) is 11.5 Å². The molecular weight excluding hydrogens is 250 g/mol. The number of nitro groups is 1. The van der Waals surface area contributed by atoms with E-state index < -0.39 is 4.92 Å². The summed E-state index contributed by atoms with van der Waals surface area (Å²) in [6.07, 6.45) is 0.837. The number of benzene rings is 1. The van der Waals surface area contributed by atoms with Crippen LogP contribution in [0.15, 0.2) is 35.7 Å². The van der Waals surface area contributed by atoms with Gasteiger partial charge < -0.3 is 11.1 Å². The maximum absolute atomic E-state index is 10.9. The molecule has 18 heavy (non-hydrogen) atoms. The highest BCUT2D eigenvalue weighted by Crippen LogP contribution is 2.30. The molecule has 1 heterocycles. The second kappa shape index (κ2) is 5.50. The van der Waals surface area contributed by atoms with Crippen LogP contribution in [0.1, 0.15) is 4.88 Å². The smallest absolute Gasteiger partial charge is 0.314 e. The SMILES string of the molecule is Nc1cccc(NCCc2cccs2)c1[N+](=O)[O-]. The first-order valence-corrected chi connectivity index (χ1v) is 6.35. The molecule has 6 heteroatoms. The van der Waals surface area contributed by atoms with E-state index in [0.29, 0.717) is 12.2 Å². The molecular formula is C12H13N3O2S. The number of rotatable bonds is 5. The molecule has 0 amide bonds. The molecule has 0 aliphatic rings. The molecule has 94 valence electrons. The van der Waals surface area contributed by atoms with Crippen LogP contribution in [-0.2, 0) is 6.42 Å². The fourth-order valence-corrected chi connectivity index (χ4v) is 2.39. The lowest BCUT2D eigenvalue weighted by Crippen LogP contribution is -2.07. The van der Waals surface area contributed by atoms with Gasteiger partial charge in [0.05, 0.1) is 4.92 Å². The van der Waals surface area contributed by atoms with Crippen LogP contribution in [0.25, 0.3) is 0 Å². The molecule has 0 unspecified atom stereocenters. The fourth-order valence-electron chi connectivity index (χ4n) is 1.68. The Morgan fingerprint density at radius 2 is 2.17 bits per heavy atom. The van der Waals surface area contributed by atoms with Gasteiger partial charge in [0, 0.05) is 11.4 Å². The predicted molar refractivity (Wildman–Crippen MR) is 74.0 cm³/mol. The van der Waals surface area contributed by atoms with Gasteiger partial charge in [0.1, 0.15) is 11.4 Å². The average Bonchev–Trinajstić information content (AvgIpc) is 2.81. The number of nitrogens with one attached hydrogen (secondary N) is 1. The second-order valence-corrected chi connectivity index (χ2v) is 4.79. The van der Waals surface area contributed by atoms with Gasteiger partial charge in [-0.1, -0.05) is 12.1 Å². The Balaban J connectivity index is 2.05. The normalized spacial score (nSPS) is 10.2. The predicted octanol–water partition coefficient (Wildman–Crippen LogP) is 2.89. The van der Waals surface area contributed by atoms with E-state index in [1.165, 1.54) is 10.9 Å². The third kappa shape index (κ3) is 2.78. The van der Waals surface area contributed by atoms with E-state index in [1.54, 1.807) is 23.5 Å². The fraction of sp³-hybridized carbons (Fsp3) is 0.167. The van der Waals surface area contributed by atoms with E-state index in [9.17, 15) is 10.1 Å². The monoisotopic (exact) mass is 263 g/mol. The van der Waals surface area contributed by atoms with E-state index >= 15 is 0 Å². The summed E-state index contributed by atoms with van der Waals surface area (Å²) >= 11 is 1.67. The summed E-state index contributed by atoms with van der Waals surface area (Å²) in [7, 11) is 0. The van der Waals surface area contributed by atoms with Crippen molar-refractivity contribution >= 4 is 28.4 Å². The lowest BCUT2D eigenvalue weighted by atomic mass is 10.2. The third-order valence-corrected chi connectivity index (χ3v) is 3.45. The number of thiophene rings is 1. The van der Waals surface area contributed by atoms with Gasteiger partial charge in [0.2, 0.25) is 0 Å². The Bertz CT molecular complexity index is 540. The number of nitrogens with zero attached hydrogens (tertiary/aromatic N) is 1. The Labute approximate surface area is 108 Å². The van der Waals surface area contributed by atoms with Gasteiger partial charge in [-0.25, -0.2) is 0 Å². The van der Waals surface area contributed by atoms with Gasteiger partial charge in [-0.05, 0) is 30.0 Å². The Morgan fingerprint density at radius 1 is 1.33 bits per heavy atom. The van der Waals surface area contributed by atoms with Gasteiger partial charge in [-0.3, -0.25) is 10.1 Å². The maximum Gasteiger partial charge on any atom is 0.314 e. The molecule has 0 saturated heterocycles. The minimum atomic E-state index is -0.456. The number of hydrogen-bond acceptors (Lipinski definition) is 5. The molecule has 1 aromatic heterocycles. The molecule has 3 N–H and O–H groups in total. The Hall–Kier alpha value is -2.08. The second-order valence-electron chi connectivity index (χ2n) is 3.76. The van der Waals surface area contributed by atoms with Crippen LogP contribution in [0.2, 0.25) is 0 Å². The summed E-state index contributed by atoms with van der Waals surface area (Å²) in [6.45, 7) is 0.644. The first kappa shape index (κ1) is 12.4. The standard InChI is InChI=1S/C12H13N3O2S/c13-10-4-1-5-11(12(10)15(16)17)14-7-6-9-3-2-8-18-9/h1-5,8,14H,6-7,13H2. The van der Waals surface area contributed by atoms with E-state index in [-0.39, 0.29) is 11.4 Å². The molecule has 0 atom stereocenters. The Morgan fingerprint density at radius 3 is 2.83 bits per heavy atom. The number of nitrogens with two attached hydrogens (primary N) is 1. The van der Waals surface area contributed by atoms with E-state index in [0.717, 1.165) is 6.42 Å². The van der Waals surface area contributed by atoms with Gasteiger partial charge in [0.15, 0.2) is 0 Å². The van der Waals surface area contributed by atoms with Gasteiger partial charge in [-0.15, -0.1) is 11.3 Å². The van der Waals surface area contributed by atoms with Crippen molar-refractivity contribution in [1.29, 1.82) is 0 Å². The van der Waals surface area contributed by atoms with Crippen molar-refractivity contribution in [2.75, 3.05) is 17.6 Å². The van der Waals surface area contributed by atoms with Crippen LogP contribution in [0.3, 0.4) is 0 Å². The third-order valence-electron chi connectivity index (χ3n) is 2.52. The van der Waals surface area contributed by atoms with Crippen molar-refractivity contribution in [3.05, 3.63) is 50.7 Å². The molecule has 0 aliphatic heterocycles. The highest BCUT2D eigenvalue weighted by molar-refractivity contribution is 7.09. The molecule has 2 aromatic rings. The maximum atomic E-state index is 10.9. The summed E-state index contributed by atoms with van der Waals surface area (Å²) in [5, 5.41) is 16.0. The Kier molecular flexibility index (Phi) is 3.78. The quantitative estimate of drug-likeness (QED) is 0.493. The highest BCUT2D eigenvalue weighted by atomic mass is 32.1. The first-order valence-electron chi connectivity index (χ1n) is 5.47. The largest absolute Gasteiger partial charge is 0.393 e. The molecule has 0 radical (unpaired) electrons. The van der Waals surface area contributed by atoms with Crippen molar-refractivity contribution in [2.24, 2.45) is 0 Å². The molecule has 0 saturated carbocycles. The summed E-state index contributed by atoms with van der Waals surface area (Å²) < 4.78 is 0. The summed E-state index contributed by atoms with van der Waals surface area (Å²) in [6, 6.07) is 8.93. The van der Waals surface area contributed by atoms with Crippen molar-refractivity contribution in [1.82, 2.24) is 0 Å². The van der Waals surface area contributed by atoms with Crippen molar-refractivity contribution in [2.45, 2.75) is 6.42 Å². The molecule has 0 fully saturated rings. The molecule has 2 rings (SSSR count). The lowest BCUT2D eigenvalue weighted by molar-refractivity contribution is -0.383. The number of anilines is 2. The molecule has 0 aliphatic carbocycles. The zero-order chi connectivity index (χ0) is 13.0. The average molecular weight is 263 g/mol. The summed E-state index contributed by atoms with van der Waals surface area (Å²) in [5.41, 5.74) is 6.21. The molecule has 1 aromatic carbocycles. The summed E-state index contributed by atoms with van der Waals surface area (Å²) in [5.74, 6) is 0. The minimum absolute atomic E-state index is 0.0521. The van der Waals surface area contributed by atoms with Crippen LogP contribution >= 0.6 is 11.3 Å². The highest BCUT2D eigenvalue weighted by Gasteiger charge is 2.16. The van der Waals surface area contributed by atoms with Crippen LogP contribution < -0.4 is 11.1 Å². The topological polar surface area (TPSA) is 81.2 Å². The molecule has 5 nitrogen and oxygen atoms in total. The molecule has 0 bridgehead atoms. The van der Waals surface area contributed by atoms with Crippen molar-refractivity contribution < 1.29 is 4.92 Å². The number of nitro benzene ring substituents is 1. The lowest BCUT2D eigenvalue weighted by Gasteiger charge is -2.07. The van der Waals surface area contributed by atoms with E-state index in [1.807, 2.05) is 17.5 Å². The van der Waals surface area contributed by atoms with Gasteiger partial charge in [-0.2, -0.15) is 0 Å². The number of para-hydroxylation sites is 1. The zero-order valence-electron chi connectivity index (χ0n) is 9.63. The van der Waals surface area contributed by atoms with Crippen molar-refractivity contribution in [3.8, 4) is 0 Å². The van der Waals surface area contributed by atoms with Gasteiger partial charge >= 0.3 is 5.69 Å². The van der Waals surface area contributed by atoms with Crippen LogP contribution in [0, 0.1) is 10.1 Å².